The summed E-state index contributed by atoms with van der Waals surface area (Å²) in [6.45, 7) is 1.55. The molecule has 0 spiro atoms. The summed E-state index contributed by atoms with van der Waals surface area (Å²) in [4.78, 5) is 22.8. The van der Waals surface area contributed by atoms with Gasteiger partial charge >= 0.3 is 6.18 Å². The molecule has 0 atom stereocenters. The van der Waals surface area contributed by atoms with E-state index >= 15 is 0 Å². The Bertz CT molecular complexity index is 848. The number of nitrogens with zero attached hydrogens (tertiary/aromatic N) is 4. The van der Waals surface area contributed by atoms with E-state index in [0.29, 0.717) is 31.2 Å². The van der Waals surface area contributed by atoms with Crippen molar-refractivity contribution in [1.29, 1.82) is 0 Å². The summed E-state index contributed by atoms with van der Waals surface area (Å²) in [5.41, 5.74) is -0.236. The first kappa shape index (κ1) is 19.2. The van der Waals surface area contributed by atoms with Crippen LogP contribution in [0.25, 0.3) is 6.08 Å². The fraction of sp³-hybridized carbons (Fsp3) is 0.278. The van der Waals surface area contributed by atoms with Crippen LogP contribution >= 0.6 is 11.6 Å². The molecule has 2 heterocycles. The Balaban J connectivity index is 1.60. The summed E-state index contributed by atoms with van der Waals surface area (Å²) in [6, 6.07) is 8.09. The van der Waals surface area contributed by atoms with E-state index in [1.54, 1.807) is 34.1 Å². The number of halogens is 4. The molecule has 1 aromatic carbocycles. The van der Waals surface area contributed by atoms with Crippen LogP contribution in [-0.2, 0) is 11.0 Å². The molecule has 1 amide bonds. The van der Waals surface area contributed by atoms with Crippen molar-refractivity contribution in [2.24, 2.45) is 0 Å². The lowest BCUT2D eigenvalue weighted by Gasteiger charge is -2.35. The molecule has 0 aliphatic carbocycles. The summed E-state index contributed by atoms with van der Waals surface area (Å²) in [7, 11) is 0. The highest BCUT2D eigenvalue weighted by Gasteiger charge is 2.33. The fourth-order valence-corrected chi connectivity index (χ4v) is 2.91. The molecular formula is C18H16ClF3N4O. The van der Waals surface area contributed by atoms with E-state index in [4.69, 9.17) is 11.6 Å². The second-order valence-electron chi connectivity index (χ2n) is 5.93. The summed E-state index contributed by atoms with van der Waals surface area (Å²) in [5.74, 6) is 0.0317. The molecule has 9 heteroatoms. The number of amides is 1. The molecule has 0 saturated carbocycles. The highest BCUT2D eigenvalue weighted by Crippen LogP contribution is 2.29. The molecule has 1 aliphatic heterocycles. The number of benzene rings is 1. The van der Waals surface area contributed by atoms with E-state index < -0.39 is 11.9 Å². The molecule has 2 aromatic rings. The van der Waals surface area contributed by atoms with Gasteiger partial charge in [0.25, 0.3) is 0 Å². The molecule has 5 nitrogen and oxygen atoms in total. The van der Waals surface area contributed by atoms with Crippen molar-refractivity contribution in [3.8, 4) is 0 Å². The zero-order valence-corrected chi connectivity index (χ0v) is 14.9. The predicted molar refractivity (Wildman–Crippen MR) is 96.3 cm³/mol. The van der Waals surface area contributed by atoms with Crippen molar-refractivity contribution in [1.82, 2.24) is 14.9 Å². The Kier molecular flexibility index (Phi) is 5.65. The number of alkyl halides is 3. The van der Waals surface area contributed by atoms with Gasteiger partial charge in [0, 0.05) is 43.3 Å². The lowest BCUT2D eigenvalue weighted by molar-refractivity contribution is -0.141. The van der Waals surface area contributed by atoms with E-state index in [9.17, 15) is 18.0 Å². The van der Waals surface area contributed by atoms with Crippen LogP contribution in [0.4, 0.5) is 19.0 Å². The number of carbonyl (C=O) groups excluding carboxylic acids is 1. The smallest absolute Gasteiger partial charge is 0.353 e. The Morgan fingerprint density at radius 1 is 1.11 bits per heavy atom. The summed E-state index contributed by atoms with van der Waals surface area (Å²) >= 11 is 6.05. The molecule has 0 radical (unpaired) electrons. The number of hydrogen-bond donors (Lipinski definition) is 0. The van der Waals surface area contributed by atoms with Gasteiger partial charge in [-0.1, -0.05) is 29.8 Å². The molecule has 1 saturated heterocycles. The minimum atomic E-state index is -4.51. The quantitative estimate of drug-likeness (QED) is 0.745. The van der Waals surface area contributed by atoms with Crippen molar-refractivity contribution in [3.63, 3.8) is 0 Å². The van der Waals surface area contributed by atoms with E-state index in [1.807, 2.05) is 6.07 Å². The zero-order valence-electron chi connectivity index (χ0n) is 14.2. The molecule has 1 fully saturated rings. The first-order valence-electron chi connectivity index (χ1n) is 8.20. The Labute approximate surface area is 159 Å². The first-order chi connectivity index (χ1) is 12.8. The largest absolute Gasteiger partial charge is 0.433 e. The van der Waals surface area contributed by atoms with Gasteiger partial charge in [0.15, 0.2) is 0 Å². The van der Waals surface area contributed by atoms with Gasteiger partial charge in [-0.2, -0.15) is 13.2 Å². The maximum Gasteiger partial charge on any atom is 0.433 e. The minimum Gasteiger partial charge on any atom is -0.353 e. The van der Waals surface area contributed by atoms with Crippen LogP contribution < -0.4 is 4.90 Å². The second-order valence-corrected chi connectivity index (χ2v) is 6.33. The maximum atomic E-state index is 12.8. The highest BCUT2D eigenvalue weighted by atomic mass is 35.5. The van der Waals surface area contributed by atoms with Gasteiger partial charge in [-0.15, -0.1) is 0 Å². The Morgan fingerprint density at radius 2 is 1.81 bits per heavy atom. The van der Waals surface area contributed by atoms with Gasteiger partial charge in [0.1, 0.15) is 17.8 Å². The van der Waals surface area contributed by atoms with Crippen LogP contribution in [0.3, 0.4) is 0 Å². The average molecular weight is 397 g/mol. The maximum absolute atomic E-state index is 12.8. The van der Waals surface area contributed by atoms with Gasteiger partial charge in [-0.3, -0.25) is 4.79 Å². The monoisotopic (exact) mass is 396 g/mol. The zero-order chi connectivity index (χ0) is 19.4. The lowest BCUT2D eigenvalue weighted by atomic mass is 10.2. The molecule has 27 heavy (non-hydrogen) atoms. The number of rotatable bonds is 3. The molecule has 1 aliphatic rings. The Morgan fingerprint density at radius 3 is 2.48 bits per heavy atom. The number of carbonyl (C=O) groups is 1. The van der Waals surface area contributed by atoms with Crippen molar-refractivity contribution < 1.29 is 18.0 Å². The normalized spacial score (nSPS) is 15.4. The minimum absolute atomic E-state index is 0.173. The number of anilines is 1. The van der Waals surface area contributed by atoms with Crippen molar-refractivity contribution in [2.75, 3.05) is 31.1 Å². The Hall–Kier alpha value is -2.61. The second kappa shape index (κ2) is 7.96. The van der Waals surface area contributed by atoms with E-state index in [-0.39, 0.29) is 11.7 Å². The SMILES string of the molecule is O=C(C=Cc1ccccc1Cl)N1CCN(c2cc(C(F)(F)F)ncn2)CC1. The number of hydrogen-bond acceptors (Lipinski definition) is 4. The average Bonchev–Trinajstić information content (AvgIpc) is 2.67. The molecule has 3 rings (SSSR count). The summed E-state index contributed by atoms with van der Waals surface area (Å²) in [6.07, 6.45) is -0.513. The van der Waals surface area contributed by atoms with E-state index in [1.165, 1.54) is 6.08 Å². The number of piperazine rings is 1. The molecule has 0 bridgehead atoms. The third-order valence-electron chi connectivity index (χ3n) is 4.17. The summed E-state index contributed by atoms with van der Waals surface area (Å²) in [5, 5.41) is 0.551. The van der Waals surface area contributed by atoms with Crippen molar-refractivity contribution >= 4 is 29.4 Å². The third kappa shape index (κ3) is 4.77. The molecule has 1 aromatic heterocycles. The molecule has 0 N–H and O–H groups in total. The van der Waals surface area contributed by atoms with Crippen molar-refractivity contribution in [3.05, 3.63) is 59.0 Å². The van der Waals surface area contributed by atoms with Crippen LogP contribution in [0, 0.1) is 0 Å². The lowest BCUT2D eigenvalue weighted by Crippen LogP contribution is -2.48. The molecule has 142 valence electrons. The first-order valence-corrected chi connectivity index (χ1v) is 8.58. The predicted octanol–water partition coefficient (Wildman–Crippen LogP) is 3.51. The van der Waals surface area contributed by atoms with E-state index in [2.05, 4.69) is 9.97 Å². The van der Waals surface area contributed by atoms with Gasteiger partial charge in [-0.25, -0.2) is 9.97 Å². The number of aromatic nitrogens is 2. The van der Waals surface area contributed by atoms with Gasteiger partial charge in [-0.05, 0) is 17.7 Å². The van der Waals surface area contributed by atoms with Crippen LogP contribution in [0.5, 0.6) is 0 Å². The molecular weight excluding hydrogens is 381 g/mol. The highest BCUT2D eigenvalue weighted by molar-refractivity contribution is 6.32. The van der Waals surface area contributed by atoms with Crippen LogP contribution in [0.2, 0.25) is 5.02 Å². The van der Waals surface area contributed by atoms with Gasteiger partial charge < -0.3 is 9.80 Å². The van der Waals surface area contributed by atoms with Crippen LogP contribution in [0.15, 0.2) is 42.7 Å². The van der Waals surface area contributed by atoms with Gasteiger partial charge in [0.05, 0.1) is 0 Å². The summed E-state index contributed by atoms with van der Waals surface area (Å²) < 4.78 is 38.3. The topological polar surface area (TPSA) is 49.3 Å². The molecule has 0 unspecified atom stereocenters. The van der Waals surface area contributed by atoms with Crippen LogP contribution in [0.1, 0.15) is 11.3 Å². The fourth-order valence-electron chi connectivity index (χ4n) is 2.71. The van der Waals surface area contributed by atoms with Crippen LogP contribution in [-0.4, -0.2) is 47.0 Å². The van der Waals surface area contributed by atoms with Crippen molar-refractivity contribution in [2.45, 2.75) is 6.18 Å². The van der Waals surface area contributed by atoms with Gasteiger partial charge in [0.2, 0.25) is 5.91 Å². The third-order valence-corrected chi connectivity index (χ3v) is 4.51. The standard InChI is InChI=1S/C18H16ClF3N4O/c19-14-4-2-1-3-13(14)5-6-17(27)26-9-7-25(8-10-26)16-11-15(18(20,21)22)23-12-24-16/h1-6,11-12H,7-10H2. The van der Waals surface area contributed by atoms with E-state index in [0.717, 1.165) is 18.0 Å².